The van der Waals surface area contributed by atoms with E-state index in [-0.39, 0.29) is 30.6 Å². The summed E-state index contributed by atoms with van der Waals surface area (Å²) in [6.07, 6.45) is 3.25. The third-order valence-electron chi connectivity index (χ3n) is 1.44. The Balaban J connectivity index is 0.000000605. The Hall–Kier alpha value is -0.670. The van der Waals surface area contributed by atoms with E-state index < -0.39 is 0 Å². The summed E-state index contributed by atoms with van der Waals surface area (Å²) in [5.74, 6) is -0.279. The molecule has 0 unspecified atom stereocenters. The van der Waals surface area contributed by atoms with Crippen LogP contribution in [-0.2, 0) is 0 Å². The minimum absolute atomic E-state index is 0. The first kappa shape index (κ1) is 11.3. The second-order valence-corrected chi connectivity index (χ2v) is 2.07. The van der Waals surface area contributed by atoms with E-state index in [1.54, 1.807) is 6.08 Å². The summed E-state index contributed by atoms with van der Waals surface area (Å²) in [7, 11) is 0. The fourth-order valence-electron chi connectivity index (χ4n) is 0.975. The van der Waals surface area contributed by atoms with Crippen molar-refractivity contribution in [2.24, 2.45) is 4.99 Å². The van der Waals surface area contributed by atoms with Crippen molar-refractivity contribution in [2.75, 3.05) is 6.54 Å². The molecule has 1 aromatic heterocycles. The van der Waals surface area contributed by atoms with E-state index in [4.69, 9.17) is 0 Å². The molecule has 1 aromatic rings. The molecule has 0 aliphatic carbocycles. The predicted molar refractivity (Wildman–Crippen MR) is 48.8 cm³/mol. The van der Waals surface area contributed by atoms with Gasteiger partial charge >= 0.3 is 0 Å². The number of aromatic nitrogens is 1. The van der Waals surface area contributed by atoms with Crippen LogP contribution in [0.2, 0.25) is 0 Å². The fourth-order valence-corrected chi connectivity index (χ4v) is 0.975. The van der Waals surface area contributed by atoms with Crippen LogP contribution in [0.3, 0.4) is 0 Å². The van der Waals surface area contributed by atoms with Crippen molar-refractivity contribution in [3.05, 3.63) is 28.8 Å². The van der Waals surface area contributed by atoms with Gasteiger partial charge in [0.05, 0.1) is 11.9 Å². The molecule has 12 heavy (non-hydrogen) atoms. The summed E-state index contributed by atoms with van der Waals surface area (Å²) in [6.45, 7) is 0.559. The van der Waals surface area contributed by atoms with Gasteiger partial charge in [-0.3, -0.25) is 9.98 Å². The van der Waals surface area contributed by atoms with Crippen LogP contribution in [0, 0.1) is 5.82 Å². The maximum Gasteiger partial charge on any atom is 0.152 e. The quantitative estimate of drug-likeness (QED) is 0.610. The number of halogens is 3. The van der Waals surface area contributed by atoms with Gasteiger partial charge in [0.25, 0.3) is 0 Å². The van der Waals surface area contributed by atoms with Gasteiger partial charge in [0.2, 0.25) is 0 Å². The van der Waals surface area contributed by atoms with Gasteiger partial charge in [-0.15, -0.1) is 24.8 Å². The van der Waals surface area contributed by atoms with E-state index >= 15 is 0 Å². The SMILES string of the molecule is Cl.Cl.Fc1ccnc2c1=NCC=2. The molecule has 0 N–H and O–H groups in total. The molecule has 2 rings (SSSR count). The highest BCUT2D eigenvalue weighted by molar-refractivity contribution is 5.85. The third-order valence-corrected chi connectivity index (χ3v) is 1.44. The third kappa shape index (κ3) is 1.73. The number of pyridine rings is 1. The lowest BCUT2D eigenvalue weighted by Crippen LogP contribution is -2.27. The highest BCUT2D eigenvalue weighted by Gasteiger charge is 1.99. The second-order valence-electron chi connectivity index (χ2n) is 2.07. The van der Waals surface area contributed by atoms with Crippen molar-refractivity contribution in [1.82, 2.24) is 4.98 Å². The Morgan fingerprint density at radius 1 is 1.33 bits per heavy atom. The first-order valence-corrected chi connectivity index (χ1v) is 3.03. The van der Waals surface area contributed by atoms with Gasteiger partial charge in [-0.05, 0) is 12.1 Å². The van der Waals surface area contributed by atoms with Gasteiger partial charge in [-0.1, -0.05) is 0 Å². The van der Waals surface area contributed by atoms with E-state index in [1.165, 1.54) is 12.3 Å². The number of fused-ring (bicyclic) bond motifs is 1. The van der Waals surface area contributed by atoms with Gasteiger partial charge in [0.1, 0.15) is 5.36 Å². The Kier molecular flexibility index (Phi) is 4.13. The lowest BCUT2D eigenvalue weighted by molar-refractivity contribution is 0.607. The lowest BCUT2D eigenvalue weighted by Gasteiger charge is -1.83. The van der Waals surface area contributed by atoms with E-state index in [9.17, 15) is 4.39 Å². The first-order valence-electron chi connectivity index (χ1n) is 3.03. The van der Waals surface area contributed by atoms with Crippen LogP contribution >= 0.6 is 24.8 Å². The molecule has 0 spiro atoms. The molecule has 66 valence electrons. The van der Waals surface area contributed by atoms with Crippen molar-refractivity contribution in [3.63, 3.8) is 0 Å². The normalized spacial score (nSPS) is 11.4. The van der Waals surface area contributed by atoms with Crippen LogP contribution in [0.15, 0.2) is 17.3 Å². The Morgan fingerprint density at radius 2 is 2.08 bits per heavy atom. The van der Waals surface area contributed by atoms with Crippen LogP contribution in [0.4, 0.5) is 4.39 Å². The topological polar surface area (TPSA) is 25.2 Å². The monoisotopic (exact) mass is 208 g/mol. The molecule has 0 atom stereocenters. The number of rotatable bonds is 0. The summed E-state index contributed by atoms with van der Waals surface area (Å²) in [4.78, 5) is 7.84. The molecular formula is C7H7Cl2FN2. The van der Waals surface area contributed by atoms with Gasteiger partial charge in [0, 0.05) is 6.20 Å². The van der Waals surface area contributed by atoms with Crippen LogP contribution in [0.5, 0.6) is 0 Å². The largest absolute Gasteiger partial charge is 0.276 e. The summed E-state index contributed by atoms with van der Waals surface area (Å²) >= 11 is 0. The molecule has 0 saturated heterocycles. The van der Waals surface area contributed by atoms with E-state index in [0.717, 1.165) is 0 Å². The van der Waals surface area contributed by atoms with Crippen LogP contribution in [0.1, 0.15) is 0 Å². The minimum atomic E-state index is -0.279. The standard InChI is InChI=1S/C7H5FN2.2ClH/c8-5-1-3-9-6-2-4-10-7(5)6;;/h1-3H,4H2;2*1H. The van der Waals surface area contributed by atoms with Crippen LogP contribution in [-0.4, -0.2) is 11.5 Å². The highest BCUT2D eigenvalue weighted by atomic mass is 35.5. The molecule has 1 aliphatic rings. The van der Waals surface area contributed by atoms with Gasteiger partial charge in [0.15, 0.2) is 5.82 Å². The molecule has 0 bridgehead atoms. The molecule has 2 nitrogen and oxygen atoms in total. The molecule has 0 radical (unpaired) electrons. The average Bonchev–Trinajstić information content (AvgIpc) is 2.36. The molecular weight excluding hydrogens is 202 g/mol. The zero-order chi connectivity index (χ0) is 6.97. The lowest BCUT2D eigenvalue weighted by atomic mass is 10.4. The second kappa shape index (κ2) is 4.38. The van der Waals surface area contributed by atoms with Crippen molar-refractivity contribution in [1.29, 1.82) is 0 Å². The zero-order valence-corrected chi connectivity index (χ0v) is 7.66. The van der Waals surface area contributed by atoms with Gasteiger partial charge < -0.3 is 0 Å². The molecule has 0 saturated carbocycles. The molecule has 0 aromatic carbocycles. The highest BCUT2D eigenvalue weighted by Crippen LogP contribution is 1.84. The van der Waals surface area contributed by atoms with Crippen molar-refractivity contribution in [3.8, 4) is 0 Å². The average molecular weight is 209 g/mol. The minimum Gasteiger partial charge on any atom is -0.276 e. The predicted octanol–water partition coefficient (Wildman–Crippen LogP) is 0.478. The Labute approximate surface area is 81.1 Å². The van der Waals surface area contributed by atoms with Gasteiger partial charge in [-0.25, -0.2) is 4.39 Å². The summed E-state index contributed by atoms with van der Waals surface area (Å²) in [6, 6.07) is 1.32. The van der Waals surface area contributed by atoms with Crippen molar-refractivity contribution in [2.45, 2.75) is 0 Å². The Bertz CT molecular complexity index is 377. The zero-order valence-electron chi connectivity index (χ0n) is 6.03. The summed E-state index contributed by atoms with van der Waals surface area (Å²) in [5, 5.41) is 1.07. The van der Waals surface area contributed by atoms with Crippen molar-refractivity contribution < 1.29 is 4.39 Å². The molecule has 0 fully saturated rings. The number of nitrogens with zero attached hydrogens (tertiary/aromatic N) is 2. The maximum atomic E-state index is 12.7. The molecule has 0 amide bonds. The van der Waals surface area contributed by atoms with Crippen molar-refractivity contribution >= 4 is 30.9 Å². The van der Waals surface area contributed by atoms with Gasteiger partial charge in [-0.2, -0.15) is 0 Å². The first-order chi connectivity index (χ1) is 4.88. The Morgan fingerprint density at radius 3 is 2.75 bits per heavy atom. The summed E-state index contributed by atoms with van der Waals surface area (Å²) in [5.41, 5.74) is 0. The molecule has 1 aliphatic heterocycles. The molecule has 2 heterocycles. The smallest absolute Gasteiger partial charge is 0.152 e. The molecule has 5 heteroatoms. The van der Waals surface area contributed by atoms with E-state index in [1.807, 2.05) is 0 Å². The van der Waals surface area contributed by atoms with E-state index in [0.29, 0.717) is 17.3 Å². The van der Waals surface area contributed by atoms with Crippen LogP contribution < -0.4 is 10.7 Å². The number of hydrogen-bond acceptors (Lipinski definition) is 2. The summed E-state index contributed by atoms with van der Waals surface area (Å²) < 4.78 is 12.7. The van der Waals surface area contributed by atoms with Crippen LogP contribution in [0.25, 0.3) is 6.08 Å². The fraction of sp³-hybridized carbons (Fsp3) is 0.143. The van der Waals surface area contributed by atoms with E-state index in [2.05, 4.69) is 9.98 Å². The number of hydrogen-bond donors (Lipinski definition) is 0. The maximum absolute atomic E-state index is 12.7.